The summed E-state index contributed by atoms with van der Waals surface area (Å²) in [5.41, 5.74) is 0. The maximum atomic E-state index is 12.8. The SMILES string of the molecule is CCOC(=O)CN(C(C)C)S(=O)(=O)c1ccccc1S(C)(=O)=O. The van der Waals surface area contributed by atoms with E-state index in [9.17, 15) is 21.6 Å². The second-order valence-electron chi connectivity index (χ2n) is 5.17. The fourth-order valence-corrected chi connectivity index (χ4v) is 5.16. The molecule has 0 atom stereocenters. The molecule has 0 unspecified atom stereocenters. The molecule has 0 heterocycles. The number of carbonyl (C=O) groups is 1. The van der Waals surface area contributed by atoms with Crippen molar-refractivity contribution in [3.8, 4) is 0 Å². The van der Waals surface area contributed by atoms with Crippen LogP contribution < -0.4 is 0 Å². The summed E-state index contributed by atoms with van der Waals surface area (Å²) in [7, 11) is -7.91. The molecular formula is C14H21NO6S2. The van der Waals surface area contributed by atoms with Gasteiger partial charge in [0.2, 0.25) is 10.0 Å². The Morgan fingerprint density at radius 1 is 1.13 bits per heavy atom. The second-order valence-corrected chi connectivity index (χ2v) is 9.01. The summed E-state index contributed by atoms with van der Waals surface area (Å²) in [6.45, 7) is 4.46. The quantitative estimate of drug-likeness (QED) is 0.672. The van der Waals surface area contributed by atoms with E-state index in [0.717, 1.165) is 10.6 Å². The van der Waals surface area contributed by atoms with Gasteiger partial charge in [-0.3, -0.25) is 4.79 Å². The molecule has 7 nitrogen and oxygen atoms in total. The molecular weight excluding hydrogens is 342 g/mol. The molecule has 1 rings (SSSR count). The highest BCUT2D eigenvalue weighted by molar-refractivity contribution is 7.93. The molecule has 0 aliphatic heterocycles. The van der Waals surface area contributed by atoms with Crippen molar-refractivity contribution in [1.82, 2.24) is 4.31 Å². The van der Waals surface area contributed by atoms with Crippen LogP contribution in [-0.4, -0.2) is 52.6 Å². The van der Waals surface area contributed by atoms with Crippen molar-refractivity contribution < 1.29 is 26.4 Å². The Kier molecular flexibility index (Phi) is 6.32. The monoisotopic (exact) mass is 363 g/mol. The number of nitrogens with zero attached hydrogens (tertiary/aromatic N) is 1. The van der Waals surface area contributed by atoms with Crippen LogP contribution in [0.15, 0.2) is 34.1 Å². The summed E-state index contributed by atoms with van der Waals surface area (Å²) in [5.74, 6) is -0.693. The first-order chi connectivity index (χ1) is 10.5. The highest BCUT2D eigenvalue weighted by atomic mass is 32.2. The number of hydrogen-bond acceptors (Lipinski definition) is 6. The predicted octanol–water partition coefficient (Wildman–Crippen LogP) is 1.05. The van der Waals surface area contributed by atoms with Crippen molar-refractivity contribution in [2.75, 3.05) is 19.4 Å². The van der Waals surface area contributed by atoms with Crippen molar-refractivity contribution in [2.45, 2.75) is 36.6 Å². The second kappa shape index (κ2) is 7.41. The number of sulfonamides is 1. The molecule has 9 heteroatoms. The average Bonchev–Trinajstić information content (AvgIpc) is 2.43. The molecule has 0 amide bonds. The van der Waals surface area contributed by atoms with E-state index in [-0.39, 0.29) is 16.4 Å². The molecule has 0 aliphatic rings. The van der Waals surface area contributed by atoms with Crippen molar-refractivity contribution in [3.63, 3.8) is 0 Å². The number of rotatable bonds is 7. The van der Waals surface area contributed by atoms with Gasteiger partial charge in [-0.25, -0.2) is 16.8 Å². The fraction of sp³-hybridized carbons (Fsp3) is 0.500. The highest BCUT2D eigenvalue weighted by Gasteiger charge is 2.33. The Balaban J connectivity index is 3.41. The fourth-order valence-electron chi connectivity index (χ4n) is 1.97. The van der Waals surface area contributed by atoms with E-state index < -0.39 is 38.4 Å². The van der Waals surface area contributed by atoms with Crippen molar-refractivity contribution >= 4 is 25.8 Å². The van der Waals surface area contributed by atoms with Crippen molar-refractivity contribution in [3.05, 3.63) is 24.3 Å². The third-order valence-corrected chi connectivity index (χ3v) is 6.37. The standard InChI is InChI=1S/C14H21NO6S2/c1-5-21-14(16)10-15(11(2)3)23(19,20)13-9-7-6-8-12(13)22(4,17)18/h6-9,11H,5,10H2,1-4H3. The minimum Gasteiger partial charge on any atom is -0.465 e. The van der Waals surface area contributed by atoms with Gasteiger partial charge in [0.15, 0.2) is 9.84 Å². The van der Waals surface area contributed by atoms with Gasteiger partial charge in [-0.15, -0.1) is 0 Å². The number of esters is 1. The van der Waals surface area contributed by atoms with Gasteiger partial charge < -0.3 is 4.74 Å². The van der Waals surface area contributed by atoms with E-state index in [1.165, 1.54) is 24.3 Å². The molecule has 1 aromatic carbocycles. The van der Waals surface area contributed by atoms with Gasteiger partial charge in [0.1, 0.15) is 11.4 Å². The van der Waals surface area contributed by atoms with E-state index in [1.54, 1.807) is 20.8 Å². The van der Waals surface area contributed by atoms with Crippen LogP contribution >= 0.6 is 0 Å². The predicted molar refractivity (Wildman–Crippen MR) is 85.2 cm³/mol. The van der Waals surface area contributed by atoms with Crippen LogP contribution in [-0.2, 0) is 29.4 Å². The van der Waals surface area contributed by atoms with Gasteiger partial charge in [0, 0.05) is 12.3 Å². The average molecular weight is 363 g/mol. The lowest BCUT2D eigenvalue weighted by molar-refractivity contribution is -0.143. The Morgan fingerprint density at radius 2 is 1.65 bits per heavy atom. The number of hydrogen-bond donors (Lipinski definition) is 0. The molecule has 0 saturated carbocycles. The zero-order valence-electron chi connectivity index (χ0n) is 13.5. The van der Waals surface area contributed by atoms with Gasteiger partial charge in [-0.1, -0.05) is 12.1 Å². The first kappa shape index (κ1) is 19.6. The summed E-state index contributed by atoms with van der Waals surface area (Å²) in [4.78, 5) is 11.0. The summed E-state index contributed by atoms with van der Waals surface area (Å²) in [6.07, 6.45) is 0.937. The molecule has 130 valence electrons. The lowest BCUT2D eigenvalue weighted by Gasteiger charge is -2.25. The molecule has 1 aromatic rings. The lowest BCUT2D eigenvalue weighted by atomic mass is 10.4. The minimum atomic E-state index is -4.17. The Hall–Kier alpha value is -1.45. The van der Waals surface area contributed by atoms with Crippen LogP contribution in [0.2, 0.25) is 0 Å². The molecule has 0 bridgehead atoms. The third-order valence-electron chi connectivity index (χ3n) is 3.00. The maximum Gasteiger partial charge on any atom is 0.321 e. The van der Waals surface area contributed by atoms with Crippen LogP contribution in [0, 0.1) is 0 Å². The smallest absolute Gasteiger partial charge is 0.321 e. The molecule has 0 radical (unpaired) electrons. The number of sulfone groups is 1. The maximum absolute atomic E-state index is 12.8. The van der Waals surface area contributed by atoms with Crippen molar-refractivity contribution in [2.24, 2.45) is 0 Å². The first-order valence-corrected chi connectivity index (χ1v) is 10.3. The molecule has 0 fully saturated rings. The van der Waals surface area contributed by atoms with E-state index in [2.05, 4.69) is 0 Å². The van der Waals surface area contributed by atoms with Crippen LogP contribution in [0.3, 0.4) is 0 Å². The van der Waals surface area contributed by atoms with Gasteiger partial charge >= 0.3 is 5.97 Å². The Labute approximate surface area is 137 Å². The number of benzene rings is 1. The van der Waals surface area contributed by atoms with E-state index in [0.29, 0.717) is 0 Å². The number of carbonyl (C=O) groups excluding carboxylic acids is 1. The van der Waals surface area contributed by atoms with Crippen LogP contribution in [0.5, 0.6) is 0 Å². The van der Waals surface area contributed by atoms with Gasteiger partial charge in [0.05, 0.1) is 11.5 Å². The third kappa shape index (κ3) is 4.76. The topological polar surface area (TPSA) is 97.8 Å². The minimum absolute atomic E-state index is 0.130. The van der Waals surface area contributed by atoms with E-state index in [1.807, 2.05) is 0 Å². The zero-order valence-corrected chi connectivity index (χ0v) is 15.1. The summed E-state index contributed by atoms with van der Waals surface area (Å²) >= 11 is 0. The zero-order chi connectivity index (χ0) is 17.8. The van der Waals surface area contributed by atoms with Crippen LogP contribution in [0.25, 0.3) is 0 Å². The molecule has 0 N–H and O–H groups in total. The van der Waals surface area contributed by atoms with Crippen LogP contribution in [0.1, 0.15) is 20.8 Å². The van der Waals surface area contributed by atoms with Gasteiger partial charge in [0.25, 0.3) is 0 Å². The molecule has 0 aliphatic carbocycles. The van der Waals surface area contributed by atoms with Crippen molar-refractivity contribution in [1.29, 1.82) is 0 Å². The summed E-state index contributed by atoms with van der Waals surface area (Å²) < 4.78 is 55.1. The molecule has 0 aromatic heterocycles. The summed E-state index contributed by atoms with van der Waals surface area (Å²) in [5, 5.41) is 0. The molecule has 0 saturated heterocycles. The van der Waals surface area contributed by atoms with Gasteiger partial charge in [-0.05, 0) is 32.9 Å². The van der Waals surface area contributed by atoms with Gasteiger partial charge in [-0.2, -0.15) is 4.31 Å². The molecule has 0 spiro atoms. The normalized spacial score (nSPS) is 12.6. The Morgan fingerprint density at radius 3 is 2.09 bits per heavy atom. The lowest BCUT2D eigenvalue weighted by Crippen LogP contribution is -2.41. The highest BCUT2D eigenvalue weighted by Crippen LogP contribution is 2.25. The number of ether oxygens (including phenoxy) is 1. The van der Waals surface area contributed by atoms with E-state index >= 15 is 0 Å². The first-order valence-electron chi connectivity index (χ1n) is 6.98. The largest absolute Gasteiger partial charge is 0.465 e. The Bertz CT molecular complexity index is 768. The van der Waals surface area contributed by atoms with Crippen LogP contribution in [0.4, 0.5) is 0 Å². The summed E-state index contributed by atoms with van der Waals surface area (Å²) in [6, 6.07) is 4.78. The van der Waals surface area contributed by atoms with E-state index in [4.69, 9.17) is 4.74 Å². The molecule has 23 heavy (non-hydrogen) atoms.